The van der Waals surface area contributed by atoms with Gasteiger partial charge in [-0.3, -0.25) is 4.79 Å². The third kappa shape index (κ3) is 4.10. The minimum absolute atomic E-state index is 0.131. The van der Waals surface area contributed by atoms with Crippen LogP contribution in [0.15, 0.2) is 30.5 Å². The van der Waals surface area contributed by atoms with Crippen molar-refractivity contribution in [2.75, 3.05) is 19.3 Å². The standard InChI is InChI=1S/C17H21FN4O3S/c1-12-16(11-19-22(12)15-5-3-13(18)4-6-15)17(23)21-9-7-14(8-10-21)20-26(2,24)25/h3-6,11,14,20H,7-10H2,1-2H3. The number of nitrogens with zero attached hydrogens (tertiary/aromatic N) is 3. The molecule has 0 spiro atoms. The summed E-state index contributed by atoms with van der Waals surface area (Å²) in [5, 5.41) is 4.25. The first-order valence-electron chi connectivity index (χ1n) is 8.32. The number of hydrogen-bond donors (Lipinski definition) is 1. The molecule has 2 heterocycles. The largest absolute Gasteiger partial charge is 0.338 e. The molecule has 1 amide bonds. The first-order chi connectivity index (χ1) is 12.2. The van der Waals surface area contributed by atoms with Crippen LogP contribution in [0.5, 0.6) is 0 Å². The zero-order valence-electron chi connectivity index (χ0n) is 14.6. The summed E-state index contributed by atoms with van der Waals surface area (Å²) in [6.45, 7) is 2.75. The van der Waals surface area contributed by atoms with Crippen molar-refractivity contribution in [3.05, 3.63) is 47.5 Å². The Morgan fingerprint density at radius 2 is 1.85 bits per heavy atom. The van der Waals surface area contributed by atoms with Gasteiger partial charge in [-0.2, -0.15) is 5.10 Å². The summed E-state index contributed by atoms with van der Waals surface area (Å²) < 4.78 is 39.9. The van der Waals surface area contributed by atoms with E-state index >= 15 is 0 Å². The van der Waals surface area contributed by atoms with Gasteiger partial charge in [-0.25, -0.2) is 22.2 Å². The number of piperidine rings is 1. The van der Waals surface area contributed by atoms with Gasteiger partial charge in [0.05, 0.1) is 29.4 Å². The third-order valence-electron chi connectivity index (χ3n) is 4.47. The van der Waals surface area contributed by atoms with Gasteiger partial charge in [0.1, 0.15) is 5.82 Å². The van der Waals surface area contributed by atoms with Crippen LogP contribution in [0.2, 0.25) is 0 Å². The van der Waals surface area contributed by atoms with E-state index in [4.69, 9.17) is 0 Å². The molecule has 3 rings (SSSR count). The zero-order valence-corrected chi connectivity index (χ0v) is 15.5. The molecule has 140 valence electrons. The van der Waals surface area contributed by atoms with Gasteiger partial charge in [-0.05, 0) is 44.0 Å². The number of amides is 1. The highest BCUT2D eigenvalue weighted by molar-refractivity contribution is 7.88. The lowest BCUT2D eigenvalue weighted by Gasteiger charge is -2.31. The molecule has 0 radical (unpaired) electrons. The van der Waals surface area contributed by atoms with E-state index < -0.39 is 10.0 Å². The van der Waals surface area contributed by atoms with Gasteiger partial charge in [0, 0.05) is 19.1 Å². The Morgan fingerprint density at radius 3 is 2.42 bits per heavy atom. The number of likely N-dealkylation sites (tertiary alicyclic amines) is 1. The van der Waals surface area contributed by atoms with Gasteiger partial charge >= 0.3 is 0 Å². The fraction of sp³-hybridized carbons (Fsp3) is 0.412. The summed E-state index contributed by atoms with van der Waals surface area (Å²) in [4.78, 5) is 14.5. The molecule has 0 aliphatic carbocycles. The van der Waals surface area contributed by atoms with Gasteiger partial charge in [0.15, 0.2) is 0 Å². The van der Waals surface area contributed by atoms with E-state index in [-0.39, 0.29) is 17.8 Å². The molecular weight excluding hydrogens is 359 g/mol. The van der Waals surface area contributed by atoms with Gasteiger partial charge < -0.3 is 4.90 Å². The van der Waals surface area contributed by atoms with Crippen molar-refractivity contribution in [1.29, 1.82) is 0 Å². The summed E-state index contributed by atoms with van der Waals surface area (Å²) in [6.07, 6.45) is 3.80. The minimum Gasteiger partial charge on any atom is -0.338 e. The summed E-state index contributed by atoms with van der Waals surface area (Å²) >= 11 is 0. The molecular formula is C17H21FN4O3S. The predicted molar refractivity (Wildman–Crippen MR) is 95.2 cm³/mol. The second kappa shape index (κ2) is 7.16. The van der Waals surface area contributed by atoms with Crippen LogP contribution in [-0.4, -0.2) is 54.4 Å². The molecule has 1 N–H and O–H groups in total. The fourth-order valence-electron chi connectivity index (χ4n) is 3.14. The molecule has 0 bridgehead atoms. The average molecular weight is 380 g/mol. The topological polar surface area (TPSA) is 84.3 Å². The van der Waals surface area contributed by atoms with Crippen molar-refractivity contribution >= 4 is 15.9 Å². The Hall–Kier alpha value is -2.26. The number of nitrogens with one attached hydrogen (secondary N) is 1. The van der Waals surface area contributed by atoms with Gasteiger partial charge in [-0.1, -0.05) is 0 Å². The van der Waals surface area contributed by atoms with Crippen LogP contribution in [0.25, 0.3) is 5.69 Å². The Balaban J connectivity index is 1.71. The van der Waals surface area contributed by atoms with E-state index in [9.17, 15) is 17.6 Å². The maximum Gasteiger partial charge on any atom is 0.257 e. The summed E-state index contributed by atoms with van der Waals surface area (Å²) in [5.41, 5.74) is 1.85. The molecule has 1 saturated heterocycles. The van der Waals surface area contributed by atoms with Crippen molar-refractivity contribution in [1.82, 2.24) is 19.4 Å². The first kappa shape index (κ1) is 18.5. The lowest BCUT2D eigenvalue weighted by atomic mass is 10.1. The number of carbonyl (C=O) groups excluding carboxylic acids is 1. The molecule has 7 nitrogen and oxygen atoms in total. The van der Waals surface area contributed by atoms with Crippen molar-refractivity contribution in [3.63, 3.8) is 0 Å². The molecule has 1 aliphatic heterocycles. The monoisotopic (exact) mass is 380 g/mol. The molecule has 1 aromatic carbocycles. The number of halogens is 1. The lowest BCUT2D eigenvalue weighted by molar-refractivity contribution is 0.0710. The highest BCUT2D eigenvalue weighted by Crippen LogP contribution is 2.19. The van der Waals surface area contributed by atoms with E-state index in [1.165, 1.54) is 18.3 Å². The number of rotatable bonds is 4. The van der Waals surface area contributed by atoms with Crippen LogP contribution in [0.4, 0.5) is 4.39 Å². The predicted octanol–water partition coefficient (Wildman–Crippen LogP) is 1.47. The first-order valence-corrected chi connectivity index (χ1v) is 10.2. The number of hydrogen-bond acceptors (Lipinski definition) is 4. The smallest absolute Gasteiger partial charge is 0.257 e. The van der Waals surface area contributed by atoms with Crippen LogP contribution in [0.1, 0.15) is 28.9 Å². The van der Waals surface area contributed by atoms with Crippen LogP contribution >= 0.6 is 0 Å². The fourth-order valence-corrected chi connectivity index (χ4v) is 3.98. The molecule has 1 fully saturated rings. The van der Waals surface area contributed by atoms with Crippen molar-refractivity contribution < 1.29 is 17.6 Å². The number of sulfonamides is 1. The van der Waals surface area contributed by atoms with Crippen LogP contribution < -0.4 is 4.72 Å². The molecule has 0 atom stereocenters. The average Bonchev–Trinajstić information content (AvgIpc) is 2.96. The molecule has 0 saturated carbocycles. The second-order valence-corrected chi connectivity index (χ2v) is 8.27. The van der Waals surface area contributed by atoms with E-state index in [0.29, 0.717) is 42.9 Å². The molecule has 1 aliphatic rings. The van der Waals surface area contributed by atoms with E-state index in [1.807, 2.05) is 0 Å². The second-order valence-electron chi connectivity index (χ2n) is 6.49. The van der Waals surface area contributed by atoms with Gasteiger partial charge in [-0.15, -0.1) is 0 Å². The highest BCUT2D eigenvalue weighted by atomic mass is 32.2. The van der Waals surface area contributed by atoms with Gasteiger partial charge in [0.25, 0.3) is 5.91 Å². The quantitative estimate of drug-likeness (QED) is 0.871. The Labute approximate surface area is 151 Å². The zero-order chi connectivity index (χ0) is 18.9. The number of aromatic nitrogens is 2. The SMILES string of the molecule is Cc1c(C(=O)N2CCC(NS(C)(=O)=O)CC2)cnn1-c1ccc(F)cc1. The number of carbonyl (C=O) groups is 1. The summed E-state index contributed by atoms with van der Waals surface area (Å²) in [6, 6.07) is 5.75. The lowest BCUT2D eigenvalue weighted by Crippen LogP contribution is -2.46. The molecule has 1 aromatic heterocycles. The van der Waals surface area contributed by atoms with Crippen molar-refractivity contribution in [2.45, 2.75) is 25.8 Å². The summed E-state index contributed by atoms with van der Waals surface area (Å²) in [5.74, 6) is -0.464. The van der Waals surface area contributed by atoms with Crippen molar-refractivity contribution in [3.8, 4) is 5.69 Å². The van der Waals surface area contributed by atoms with Crippen LogP contribution in [0, 0.1) is 12.7 Å². The number of benzene rings is 1. The van der Waals surface area contributed by atoms with Crippen LogP contribution in [0.3, 0.4) is 0 Å². The van der Waals surface area contributed by atoms with E-state index in [2.05, 4.69) is 9.82 Å². The van der Waals surface area contributed by atoms with Gasteiger partial charge in [0.2, 0.25) is 10.0 Å². The normalized spacial score (nSPS) is 16.0. The van der Waals surface area contributed by atoms with Crippen molar-refractivity contribution in [2.24, 2.45) is 0 Å². The van der Waals surface area contributed by atoms with E-state index in [1.54, 1.807) is 28.6 Å². The summed E-state index contributed by atoms with van der Waals surface area (Å²) in [7, 11) is -3.24. The Bertz CT molecular complexity index is 901. The van der Waals surface area contributed by atoms with Crippen LogP contribution in [-0.2, 0) is 10.0 Å². The Morgan fingerprint density at radius 1 is 1.23 bits per heavy atom. The highest BCUT2D eigenvalue weighted by Gasteiger charge is 2.27. The maximum absolute atomic E-state index is 13.1. The molecule has 26 heavy (non-hydrogen) atoms. The maximum atomic E-state index is 13.1. The molecule has 0 unspecified atom stereocenters. The molecule has 9 heteroatoms. The third-order valence-corrected chi connectivity index (χ3v) is 5.24. The molecule has 2 aromatic rings. The minimum atomic E-state index is -3.24. The van der Waals surface area contributed by atoms with E-state index in [0.717, 1.165) is 6.26 Å². The Kier molecular flexibility index (Phi) is 5.10.